The Morgan fingerprint density at radius 3 is 2.32 bits per heavy atom. The average molecular weight is 612 g/mol. The number of likely N-dealkylation sites (N-methyl/N-ethyl adjacent to an activating group) is 1. The number of carboxylic acid groups (broad SMARTS) is 1. The van der Waals surface area contributed by atoms with Crippen LogP contribution < -0.4 is 10.2 Å². The molecule has 9 nitrogen and oxygen atoms in total. The van der Waals surface area contributed by atoms with Crippen molar-refractivity contribution in [1.82, 2.24) is 10.2 Å². The van der Waals surface area contributed by atoms with Crippen molar-refractivity contribution in [3.8, 4) is 12.3 Å². The summed E-state index contributed by atoms with van der Waals surface area (Å²) < 4.78 is 31.7. The van der Waals surface area contributed by atoms with Crippen molar-refractivity contribution in [2.45, 2.75) is 70.5 Å². The maximum atomic E-state index is 13.9. The summed E-state index contributed by atoms with van der Waals surface area (Å²) in [5, 5.41) is 18.3. The van der Waals surface area contributed by atoms with Crippen molar-refractivity contribution in [2.75, 3.05) is 18.5 Å². The van der Waals surface area contributed by atoms with E-state index in [9.17, 15) is 22.8 Å². The Bertz CT molecular complexity index is 1440. The van der Waals surface area contributed by atoms with Crippen molar-refractivity contribution in [2.24, 2.45) is 10.2 Å². The summed E-state index contributed by atoms with van der Waals surface area (Å²) in [6.45, 7) is 6.73. The number of hydrogen-bond donors (Lipinski definition) is 2. The average Bonchev–Trinajstić information content (AvgIpc) is 3.65. The molecule has 0 radical (unpaired) electrons. The summed E-state index contributed by atoms with van der Waals surface area (Å²) in [6, 6.07) is 15.1. The van der Waals surface area contributed by atoms with Crippen LogP contribution in [0.2, 0.25) is 0 Å². The molecule has 234 valence electrons. The second kappa shape index (κ2) is 14.8. The van der Waals surface area contributed by atoms with Crippen LogP contribution >= 0.6 is 0 Å². The number of terminal acetylenes is 1. The molecule has 1 atom stereocenters. The van der Waals surface area contributed by atoms with Crippen molar-refractivity contribution in [1.29, 1.82) is 0 Å². The molecule has 2 amide bonds. The Labute approximate surface area is 254 Å². The molecule has 0 saturated heterocycles. The molecule has 0 bridgehead atoms. The Morgan fingerprint density at radius 1 is 1.14 bits per heavy atom. The van der Waals surface area contributed by atoms with E-state index in [1.165, 1.54) is 11.1 Å². The predicted molar refractivity (Wildman–Crippen MR) is 160 cm³/mol. The molecule has 4 rings (SSSR count). The van der Waals surface area contributed by atoms with Gasteiger partial charge in [-0.3, -0.25) is 19.4 Å². The zero-order chi connectivity index (χ0) is 32.5. The van der Waals surface area contributed by atoms with Gasteiger partial charge in [0.2, 0.25) is 11.8 Å². The summed E-state index contributed by atoms with van der Waals surface area (Å²) in [5.41, 5.74) is 4.35. The topological polar surface area (TPSA) is 115 Å². The molecule has 2 aliphatic rings. The van der Waals surface area contributed by atoms with E-state index in [2.05, 4.69) is 45.4 Å². The Morgan fingerprint density at radius 2 is 1.77 bits per heavy atom. The number of aliphatic carboxylic acids is 1. The smallest absolute Gasteiger partial charge is 0.475 e. The number of benzene rings is 2. The second-order valence-corrected chi connectivity index (χ2v) is 10.5. The molecule has 0 saturated carbocycles. The van der Waals surface area contributed by atoms with E-state index in [-0.39, 0.29) is 18.2 Å². The predicted octanol–water partition coefficient (Wildman–Crippen LogP) is 5.56. The Hall–Kier alpha value is -4.50. The van der Waals surface area contributed by atoms with E-state index >= 15 is 0 Å². The van der Waals surface area contributed by atoms with E-state index in [0.29, 0.717) is 19.3 Å². The van der Waals surface area contributed by atoms with Crippen LogP contribution in [0.4, 0.5) is 18.9 Å². The van der Waals surface area contributed by atoms with Crippen LogP contribution in [0.3, 0.4) is 0 Å². The fourth-order valence-corrected chi connectivity index (χ4v) is 4.91. The van der Waals surface area contributed by atoms with Crippen LogP contribution in [0.15, 0.2) is 64.3 Å². The number of nitrogens with one attached hydrogen (secondary N) is 1. The van der Waals surface area contributed by atoms with E-state index in [1.807, 2.05) is 49.4 Å². The number of nitrogens with zero attached hydrogens (tertiary/aromatic N) is 4. The van der Waals surface area contributed by atoms with Gasteiger partial charge < -0.3 is 10.4 Å². The maximum Gasteiger partial charge on any atom is 0.490 e. The minimum absolute atomic E-state index is 0.142. The molecule has 0 aromatic heterocycles. The summed E-state index contributed by atoms with van der Waals surface area (Å²) >= 11 is 0. The molecule has 2 aliphatic heterocycles. The van der Waals surface area contributed by atoms with E-state index in [0.717, 1.165) is 36.5 Å². The van der Waals surface area contributed by atoms with Gasteiger partial charge >= 0.3 is 12.1 Å². The van der Waals surface area contributed by atoms with Gasteiger partial charge in [-0.1, -0.05) is 49.4 Å². The summed E-state index contributed by atoms with van der Waals surface area (Å²) in [4.78, 5) is 40.2. The SMILES string of the molecule is C#CCCC1(CCC(=O)N(c2ccc3c(c2)CN(CC)C3)C(C(=O)NC)/C(C)=C/c2ccccc2)N=N1.O=C(O)C(F)(F)F. The van der Waals surface area contributed by atoms with Gasteiger partial charge in [0.25, 0.3) is 0 Å². The highest BCUT2D eigenvalue weighted by atomic mass is 19.4. The molecule has 2 heterocycles. The molecule has 44 heavy (non-hydrogen) atoms. The maximum absolute atomic E-state index is 13.9. The first-order chi connectivity index (χ1) is 20.8. The quantitative estimate of drug-likeness (QED) is 0.323. The number of amides is 2. The van der Waals surface area contributed by atoms with Crippen LogP contribution in [0.25, 0.3) is 6.08 Å². The molecule has 0 aliphatic carbocycles. The fourth-order valence-electron chi connectivity index (χ4n) is 4.91. The minimum Gasteiger partial charge on any atom is -0.475 e. The Kier molecular flexibility index (Phi) is 11.4. The highest BCUT2D eigenvalue weighted by molar-refractivity contribution is 6.03. The first kappa shape index (κ1) is 34.0. The van der Waals surface area contributed by atoms with Gasteiger partial charge in [-0.05, 0) is 47.9 Å². The molecule has 12 heteroatoms. The van der Waals surface area contributed by atoms with Crippen LogP contribution in [0.1, 0.15) is 56.2 Å². The van der Waals surface area contributed by atoms with E-state index in [4.69, 9.17) is 16.3 Å². The first-order valence-electron chi connectivity index (χ1n) is 14.1. The van der Waals surface area contributed by atoms with Gasteiger partial charge in [0, 0.05) is 51.5 Å². The van der Waals surface area contributed by atoms with E-state index in [1.54, 1.807) is 11.9 Å². The highest BCUT2D eigenvalue weighted by Gasteiger charge is 2.41. The number of carbonyl (C=O) groups excluding carboxylic acids is 2. The third-order valence-corrected chi connectivity index (χ3v) is 7.38. The first-order valence-corrected chi connectivity index (χ1v) is 14.1. The van der Waals surface area contributed by atoms with Crippen LogP contribution in [-0.2, 0) is 27.5 Å². The number of carbonyl (C=O) groups is 3. The van der Waals surface area contributed by atoms with Crippen LogP contribution in [0.5, 0.6) is 0 Å². The number of fused-ring (bicyclic) bond motifs is 1. The van der Waals surface area contributed by atoms with Crippen LogP contribution in [0, 0.1) is 12.3 Å². The van der Waals surface area contributed by atoms with Gasteiger partial charge in [0.05, 0.1) is 0 Å². The standard InChI is InChI=1S/C30H35N5O2.C2HF3O2/c1-5-7-16-30(32-33-30)17-15-27(36)35(26-14-13-24-20-34(6-2)21-25(24)19-26)28(29(37)31-4)22(3)18-23-11-9-8-10-12-23;3-2(4,5)1(6)7/h1,8-14,18-19,28H,6-7,15-17,20-21H2,2-4H3,(H,31,37);(H,6,7)/b22-18+;. The van der Waals surface area contributed by atoms with Crippen molar-refractivity contribution in [3.63, 3.8) is 0 Å². The van der Waals surface area contributed by atoms with Gasteiger partial charge in [0.15, 0.2) is 5.66 Å². The molecular weight excluding hydrogens is 575 g/mol. The number of halogens is 3. The summed E-state index contributed by atoms with van der Waals surface area (Å²) in [5.74, 6) is -0.506. The van der Waals surface area contributed by atoms with Crippen molar-refractivity contribution in [3.05, 3.63) is 70.8 Å². The largest absolute Gasteiger partial charge is 0.490 e. The number of rotatable bonds is 11. The summed E-state index contributed by atoms with van der Waals surface area (Å²) in [6.07, 6.45) is 4.19. The lowest BCUT2D eigenvalue weighted by molar-refractivity contribution is -0.192. The van der Waals surface area contributed by atoms with Crippen molar-refractivity contribution < 1.29 is 32.7 Å². The van der Waals surface area contributed by atoms with Gasteiger partial charge in [-0.15, -0.1) is 12.3 Å². The molecule has 2 aromatic carbocycles. The van der Waals surface area contributed by atoms with Gasteiger partial charge in [0.1, 0.15) is 6.04 Å². The minimum atomic E-state index is -5.08. The highest BCUT2D eigenvalue weighted by Crippen LogP contribution is 2.38. The van der Waals surface area contributed by atoms with Gasteiger partial charge in [-0.2, -0.15) is 23.4 Å². The zero-order valence-corrected chi connectivity index (χ0v) is 24.9. The molecule has 1 unspecified atom stereocenters. The van der Waals surface area contributed by atoms with E-state index < -0.39 is 23.9 Å². The molecule has 0 spiro atoms. The normalized spacial score (nSPS) is 15.7. The monoisotopic (exact) mass is 611 g/mol. The Balaban J connectivity index is 0.000000676. The number of alkyl halides is 3. The summed E-state index contributed by atoms with van der Waals surface area (Å²) in [7, 11) is 1.60. The number of hydrogen-bond acceptors (Lipinski definition) is 6. The fraction of sp³-hybridized carbons (Fsp3) is 0.406. The molecule has 2 N–H and O–H groups in total. The van der Waals surface area contributed by atoms with Crippen molar-refractivity contribution >= 4 is 29.5 Å². The third kappa shape index (κ3) is 9.00. The lowest BCUT2D eigenvalue weighted by atomic mass is 9.98. The second-order valence-electron chi connectivity index (χ2n) is 10.5. The molecule has 0 fully saturated rings. The third-order valence-electron chi connectivity index (χ3n) is 7.38. The van der Waals surface area contributed by atoms with Crippen LogP contribution in [-0.4, -0.2) is 59.3 Å². The lowest BCUT2D eigenvalue weighted by Crippen LogP contribution is -2.50. The zero-order valence-electron chi connectivity index (χ0n) is 24.9. The lowest BCUT2D eigenvalue weighted by Gasteiger charge is -2.32. The molecule has 2 aromatic rings. The number of carboxylic acids is 1. The molecular formula is C32H36F3N5O4. The number of anilines is 1. The van der Waals surface area contributed by atoms with Gasteiger partial charge in [-0.25, -0.2) is 4.79 Å².